The van der Waals surface area contributed by atoms with Gasteiger partial charge in [-0.05, 0) is 35.1 Å². The summed E-state index contributed by atoms with van der Waals surface area (Å²) in [5.41, 5.74) is -2.48. The maximum absolute atomic E-state index is 14.8. The fraction of sp³-hybridized carbons (Fsp3) is 0.200. The van der Waals surface area contributed by atoms with Crippen LogP contribution < -0.4 is 5.56 Å². The number of thiophene rings is 1. The van der Waals surface area contributed by atoms with Gasteiger partial charge in [0.05, 0.1) is 29.8 Å². The summed E-state index contributed by atoms with van der Waals surface area (Å²) in [5.74, 6) is -1.99. The van der Waals surface area contributed by atoms with E-state index >= 15 is 0 Å². The average Bonchev–Trinajstić information content (AvgIpc) is 3.28. The van der Waals surface area contributed by atoms with Gasteiger partial charge in [0, 0.05) is 24.5 Å². The lowest BCUT2D eigenvalue weighted by Crippen LogP contribution is -2.51. The third kappa shape index (κ3) is 3.58. The van der Waals surface area contributed by atoms with Crippen LogP contribution in [-0.2, 0) is 10.3 Å². The number of morpholine rings is 1. The highest BCUT2D eigenvalue weighted by molar-refractivity contribution is 7.22. The highest BCUT2D eigenvalue weighted by atomic mass is 32.1. The van der Waals surface area contributed by atoms with Crippen LogP contribution in [0.1, 0.15) is 11.1 Å². The molecule has 1 saturated heterocycles. The molecule has 0 amide bonds. The minimum absolute atomic E-state index is 0.0305. The first-order valence-corrected chi connectivity index (χ1v) is 11.8. The Bertz CT molecular complexity index is 1550. The molecule has 0 radical (unpaired) electrons. The van der Waals surface area contributed by atoms with Gasteiger partial charge in [0.2, 0.25) is 0 Å². The Labute approximate surface area is 207 Å². The first kappa shape index (κ1) is 23.7. The van der Waals surface area contributed by atoms with Crippen molar-refractivity contribution in [2.45, 2.75) is 5.54 Å². The zero-order valence-corrected chi connectivity index (χ0v) is 19.5. The fourth-order valence-corrected chi connectivity index (χ4v) is 5.89. The molecule has 11 heteroatoms. The van der Waals surface area contributed by atoms with Gasteiger partial charge in [0.25, 0.3) is 5.56 Å². The van der Waals surface area contributed by atoms with Crippen LogP contribution in [0.25, 0.3) is 15.9 Å². The molecule has 0 N–H and O–H groups in total. The summed E-state index contributed by atoms with van der Waals surface area (Å²) < 4.78 is 35.8. The molecule has 36 heavy (non-hydrogen) atoms. The van der Waals surface area contributed by atoms with Gasteiger partial charge in [0.1, 0.15) is 22.2 Å². The number of nitriles is 1. The van der Waals surface area contributed by atoms with Gasteiger partial charge in [0.15, 0.2) is 5.54 Å². The Morgan fingerprint density at radius 2 is 1.69 bits per heavy atom. The third-order valence-electron chi connectivity index (χ3n) is 6.25. The molecule has 8 nitrogen and oxygen atoms in total. The van der Waals surface area contributed by atoms with Gasteiger partial charge in [-0.1, -0.05) is 36.4 Å². The average molecular weight is 509 g/mol. The molecule has 182 valence electrons. The largest absolute Gasteiger partial charge is 0.379 e. The summed E-state index contributed by atoms with van der Waals surface area (Å²) in [5, 5.41) is 22.9. The quantitative estimate of drug-likeness (QED) is 0.294. The molecule has 1 fully saturated rings. The van der Waals surface area contributed by atoms with E-state index in [0.29, 0.717) is 43.2 Å². The van der Waals surface area contributed by atoms with Gasteiger partial charge >= 0.3 is 5.00 Å². The number of nitro groups is 1. The third-order valence-corrected chi connectivity index (χ3v) is 7.39. The Morgan fingerprint density at radius 1 is 1.03 bits per heavy atom. The first-order chi connectivity index (χ1) is 17.4. The Hall–Kier alpha value is -3.98. The molecule has 1 unspecified atom stereocenters. The summed E-state index contributed by atoms with van der Waals surface area (Å²) in [6.45, 7) is 1.27. The minimum atomic E-state index is -1.62. The molecule has 1 atom stereocenters. The van der Waals surface area contributed by atoms with Crippen LogP contribution >= 0.6 is 11.3 Å². The van der Waals surface area contributed by atoms with E-state index < -0.39 is 38.3 Å². The number of benzene rings is 2. The molecule has 2 aromatic heterocycles. The number of hydrogen-bond acceptors (Lipinski definition) is 7. The number of halogens is 2. The normalized spacial score (nSPS) is 15.9. The molecule has 1 aliphatic heterocycles. The van der Waals surface area contributed by atoms with Gasteiger partial charge in [-0.3, -0.25) is 24.4 Å². The molecule has 2 aromatic carbocycles. The van der Waals surface area contributed by atoms with Crippen molar-refractivity contribution in [1.82, 2.24) is 9.47 Å². The predicted molar refractivity (Wildman–Crippen MR) is 129 cm³/mol. The van der Waals surface area contributed by atoms with E-state index in [9.17, 15) is 29.0 Å². The molecule has 0 bridgehead atoms. The molecule has 3 heterocycles. The van der Waals surface area contributed by atoms with E-state index in [1.54, 1.807) is 35.2 Å². The summed E-state index contributed by atoms with van der Waals surface area (Å²) in [4.78, 5) is 26.4. The van der Waals surface area contributed by atoms with Gasteiger partial charge in [-0.25, -0.2) is 8.78 Å². The Kier molecular flexibility index (Phi) is 6.09. The van der Waals surface area contributed by atoms with Crippen LogP contribution in [-0.4, -0.2) is 40.7 Å². The maximum atomic E-state index is 14.8. The van der Waals surface area contributed by atoms with E-state index in [1.807, 2.05) is 0 Å². The summed E-state index contributed by atoms with van der Waals surface area (Å²) in [7, 11) is 0. The van der Waals surface area contributed by atoms with E-state index in [0.717, 1.165) is 28.8 Å². The van der Waals surface area contributed by atoms with Crippen molar-refractivity contribution in [2.24, 2.45) is 0 Å². The lowest BCUT2D eigenvalue weighted by atomic mass is 9.81. The fourth-order valence-electron chi connectivity index (χ4n) is 4.72. The van der Waals surface area contributed by atoms with E-state index in [2.05, 4.69) is 6.07 Å². The molecule has 0 saturated carbocycles. The predicted octanol–water partition coefficient (Wildman–Crippen LogP) is 4.34. The van der Waals surface area contributed by atoms with Gasteiger partial charge in [-0.15, -0.1) is 0 Å². The number of aromatic nitrogens is 1. The number of rotatable bonds is 5. The number of para-hydroxylation sites is 1. The van der Waals surface area contributed by atoms with Crippen LogP contribution in [0.5, 0.6) is 0 Å². The van der Waals surface area contributed by atoms with Crippen molar-refractivity contribution in [3.05, 3.63) is 104 Å². The van der Waals surface area contributed by atoms with Crippen molar-refractivity contribution in [2.75, 3.05) is 26.3 Å². The summed E-state index contributed by atoms with van der Waals surface area (Å²) in [6, 6.07) is 16.6. The van der Waals surface area contributed by atoms with E-state index in [1.165, 1.54) is 6.07 Å². The number of hydrogen-bond donors (Lipinski definition) is 0. The number of fused-ring (bicyclic) bond motifs is 1. The first-order valence-electron chi connectivity index (χ1n) is 11.0. The lowest BCUT2D eigenvalue weighted by Gasteiger charge is -2.40. The number of ether oxygens (including phenoxy) is 1. The molecule has 0 aliphatic carbocycles. The highest BCUT2D eigenvalue weighted by Crippen LogP contribution is 2.49. The van der Waals surface area contributed by atoms with Gasteiger partial charge in [-0.2, -0.15) is 5.26 Å². The molecule has 4 aromatic rings. The SMILES string of the molecule is N#CC(c1ccccc1)(c1c([N+](=O)[O-])sc2c1ccc(=O)n2-c1c(F)cccc1F)N1CCOCC1. The summed E-state index contributed by atoms with van der Waals surface area (Å²) >= 11 is 0.607. The second-order valence-corrected chi connectivity index (χ2v) is 9.10. The lowest BCUT2D eigenvalue weighted by molar-refractivity contribution is -0.381. The van der Waals surface area contributed by atoms with Crippen molar-refractivity contribution in [3.8, 4) is 11.8 Å². The highest BCUT2D eigenvalue weighted by Gasteiger charge is 2.48. The minimum Gasteiger partial charge on any atom is -0.379 e. The molecular weight excluding hydrogens is 490 g/mol. The van der Waals surface area contributed by atoms with E-state index in [-0.39, 0.29) is 15.8 Å². The van der Waals surface area contributed by atoms with Crippen LogP contribution in [0, 0.1) is 33.1 Å². The smallest absolute Gasteiger partial charge is 0.333 e. The van der Waals surface area contributed by atoms with E-state index in [4.69, 9.17) is 4.74 Å². The molecule has 5 rings (SSSR count). The second-order valence-electron chi connectivity index (χ2n) is 8.12. The van der Waals surface area contributed by atoms with Gasteiger partial charge < -0.3 is 4.74 Å². The zero-order chi connectivity index (χ0) is 25.4. The molecular formula is C25H18F2N4O4S. The number of nitrogens with zero attached hydrogens (tertiary/aromatic N) is 4. The van der Waals surface area contributed by atoms with Crippen LogP contribution in [0.3, 0.4) is 0 Å². The van der Waals surface area contributed by atoms with Crippen LogP contribution in [0.2, 0.25) is 0 Å². The van der Waals surface area contributed by atoms with Crippen molar-refractivity contribution >= 4 is 26.6 Å². The van der Waals surface area contributed by atoms with Crippen molar-refractivity contribution in [1.29, 1.82) is 5.26 Å². The monoisotopic (exact) mass is 508 g/mol. The zero-order valence-electron chi connectivity index (χ0n) is 18.7. The van der Waals surface area contributed by atoms with Crippen LogP contribution in [0.15, 0.2) is 65.5 Å². The number of pyridine rings is 1. The molecule has 1 aliphatic rings. The van der Waals surface area contributed by atoms with Crippen LogP contribution in [0.4, 0.5) is 13.8 Å². The topological polar surface area (TPSA) is 101 Å². The summed E-state index contributed by atoms with van der Waals surface area (Å²) in [6.07, 6.45) is 0. The van der Waals surface area contributed by atoms with Crippen molar-refractivity contribution < 1.29 is 18.4 Å². The maximum Gasteiger partial charge on any atom is 0.333 e. The standard InChI is InChI=1S/C25H18F2N4O4S/c26-18-7-4-8-19(27)22(18)30-20(32)10-9-17-21(24(31(33)34)36-23(17)30)25(15-28,16-5-2-1-3-6-16)29-11-13-35-14-12-29/h1-10H,11-14H2. The molecule has 0 spiro atoms. The Morgan fingerprint density at radius 3 is 2.31 bits per heavy atom. The van der Waals surface area contributed by atoms with Crippen molar-refractivity contribution in [3.63, 3.8) is 0 Å². The Balaban J connectivity index is 1.93. The second kappa shape index (κ2) is 9.23.